The second-order valence-electron chi connectivity index (χ2n) is 16.7. The van der Waals surface area contributed by atoms with E-state index < -0.39 is 0 Å². The Hall–Kier alpha value is -8.61. The van der Waals surface area contributed by atoms with Crippen LogP contribution < -0.4 is 0 Å². The summed E-state index contributed by atoms with van der Waals surface area (Å²) in [7, 11) is 0. The SMILES string of the molecule is c1ccc(-n2c3ccccc3c3ccc(-c4nc(-c5cc6ccccc6c6ccccc56)nc(-n5c6cccc7c6c6c8c(ccc9oc%10cccc-7c%10c98)ccc65)n4)cc32)cc1. The van der Waals surface area contributed by atoms with E-state index in [1.807, 2.05) is 0 Å². The molecular weight excluding hydrogens is 771 g/mol. The molecule has 4 aromatic heterocycles. The predicted octanol–water partition coefficient (Wildman–Crippen LogP) is 14.7. The normalized spacial score (nSPS) is 12.4. The van der Waals surface area contributed by atoms with Gasteiger partial charge in [-0.3, -0.25) is 4.57 Å². The summed E-state index contributed by atoms with van der Waals surface area (Å²) in [6, 6.07) is 67.0. The Labute approximate surface area is 358 Å². The van der Waals surface area contributed by atoms with Gasteiger partial charge in [0.2, 0.25) is 5.95 Å². The third kappa shape index (κ3) is 4.38. The zero-order chi connectivity index (χ0) is 40.9. The molecule has 6 nitrogen and oxygen atoms in total. The first-order valence-electron chi connectivity index (χ1n) is 21.4. The number of benzene rings is 10. The molecule has 0 radical (unpaired) electrons. The van der Waals surface area contributed by atoms with Crippen molar-refractivity contribution in [2.75, 3.05) is 0 Å². The summed E-state index contributed by atoms with van der Waals surface area (Å²) < 4.78 is 11.2. The number of aromatic nitrogens is 5. The van der Waals surface area contributed by atoms with Gasteiger partial charge in [-0.2, -0.15) is 9.97 Å². The predicted molar refractivity (Wildman–Crippen MR) is 258 cm³/mol. The number of furan rings is 1. The van der Waals surface area contributed by atoms with Crippen molar-refractivity contribution in [3.63, 3.8) is 0 Å². The van der Waals surface area contributed by atoms with Crippen LogP contribution in [0.25, 0.3) is 143 Å². The summed E-state index contributed by atoms with van der Waals surface area (Å²) in [6.45, 7) is 0. The maximum Gasteiger partial charge on any atom is 0.238 e. The first-order chi connectivity index (χ1) is 31.2. The summed E-state index contributed by atoms with van der Waals surface area (Å²) in [5.41, 5.74) is 11.4. The molecule has 0 spiro atoms. The topological polar surface area (TPSA) is 61.7 Å². The molecule has 290 valence electrons. The zero-order valence-electron chi connectivity index (χ0n) is 33.5. The van der Waals surface area contributed by atoms with Gasteiger partial charge in [-0.25, -0.2) is 4.98 Å². The van der Waals surface area contributed by atoms with Crippen molar-refractivity contribution in [1.29, 1.82) is 0 Å². The number of rotatable bonds is 4. The highest BCUT2D eigenvalue weighted by molar-refractivity contribution is 6.37. The Morgan fingerprint density at radius 3 is 1.92 bits per heavy atom. The fourth-order valence-corrected chi connectivity index (χ4v) is 10.9. The van der Waals surface area contributed by atoms with Crippen molar-refractivity contribution in [2.24, 2.45) is 0 Å². The first-order valence-corrected chi connectivity index (χ1v) is 21.4. The summed E-state index contributed by atoms with van der Waals surface area (Å²) in [4.78, 5) is 16.5. The Kier molecular flexibility index (Phi) is 6.33. The maximum atomic E-state index is 6.55. The van der Waals surface area contributed by atoms with E-state index >= 15 is 0 Å². The highest BCUT2D eigenvalue weighted by Gasteiger charge is 2.27. The van der Waals surface area contributed by atoms with Crippen LogP contribution in [-0.4, -0.2) is 24.1 Å². The Morgan fingerprint density at radius 2 is 1.02 bits per heavy atom. The summed E-state index contributed by atoms with van der Waals surface area (Å²) in [5.74, 6) is 1.78. The lowest BCUT2D eigenvalue weighted by atomic mass is 9.97. The average molecular weight is 802 g/mol. The van der Waals surface area contributed by atoms with E-state index in [9.17, 15) is 0 Å². The zero-order valence-corrected chi connectivity index (χ0v) is 33.5. The van der Waals surface area contributed by atoms with Gasteiger partial charge in [-0.05, 0) is 92.7 Å². The van der Waals surface area contributed by atoms with E-state index in [-0.39, 0.29) is 0 Å². The smallest absolute Gasteiger partial charge is 0.238 e. The molecule has 4 heterocycles. The van der Waals surface area contributed by atoms with Crippen molar-refractivity contribution in [2.45, 2.75) is 0 Å². The molecule has 0 unspecified atom stereocenters. The number of para-hydroxylation sites is 2. The second-order valence-corrected chi connectivity index (χ2v) is 16.7. The highest BCUT2D eigenvalue weighted by Crippen LogP contribution is 2.50. The van der Waals surface area contributed by atoms with Crippen LogP contribution in [0.15, 0.2) is 192 Å². The van der Waals surface area contributed by atoms with Gasteiger partial charge in [0, 0.05) is 54.5 Å². The van der Waals surface area contributed by atoms with E-state index in [4.69, 9.17) is 19.4 Å². The average Bonchev–Trinajstić information content (AvgIpc) is 3.98. The highest BCUT2D eigenvalue weighted by atomic mass is 16.3. The molecule has 14 aromatic rings. The van der Waals surface area contributed by atoms with Crippen LogP contribution in [0, 0.1) is 0 Å². The van der Waals surface area contributed by atoms with Gasteiger partial charge in [0.15, 0.2) is 11.6 Å². The Balaban J connectivity index is 1.08. The van der Waals surface area contributed by atoms with Crippen LogP contribution in [-0.2, 0) is 0 Å². The van der Waals surface area contributed by atoms with Crippen molar-refractivity contribution >= 4 is 97.9 Å². The van der Waals surface area contributed by atoms with E-state index in [0.29, 0.717) is 17.6 Å². The van der Waals surface area contributed by atoms with Gasteiger partial charge in [-0.15, -0.1) is 0 Å². The monoisotopic (exact) mass is 801 g/mol. The van der Waals surface area contributed by atoms with Crippen molar-refractivity contribution in [3.8, 4) is 45.5 Å². The minimum absolute atomic E-state index is 0.561. The minimum atomic E-state index is 0.561. The fraction of sp³-hybridized carbons (Fsp3) is 0. The van der Waals surface area contributed by atoms with E-state index in [1.54, 1.807) is 0 Å². The van der Waals surface area contributed by atoms with Gasteiger partial charge in [0.1, 0.15) is 11.2 Å². The standard InChI is InChI=1S/C57H31N5O/c1-2-13-35(14-3-1)61-44-21-9-8-18-39(44)40-27-24-34(31-47(40)61)55-58-56(43-30-33-12-4-5-15-36(33)37-16-6-7-17-38(37)43)60-57(59-55)62-45-22-10-19-41-42-20-11-23-48-52(42)54-49(63-48)29-26-32-25-28-46(62)53(50(32)54)51(41)45/h1-31H. The van der Waals surface area contributed by atoms with Crippen LogP contribution >= 0.6 is 0 Å². The molecule has 0 saturated carbocycles. The minimum Gasteiger partial charge on any atom is -0.456 e. The molecular formula is C57H31N5O. The van der Waals surface area contributed by atoms with Crippen molar-refractivity contribution in [1.82, 2.24) is 24.1 Å². The van der Waals surface area contributed by atoms with Crippen LogP contribution in [0.1, 0.15) is 0 Å². The molecule has 0 fully saturated rings. The van der Waals surface area contributed by atoms with E-state index in [1.165, 1.54) is 48.8 Å². The molecule has 10 aromatic carbocycles. The second kappa shape index (κ2) is 12.0. The molecule has 6 heteroatoms. The third-order valence-corrected chi connectivity index (χ3v) is 13.5. The third-order valence-electron chi connectivity index (χ3n) is 13.5. The maximum absolute atomic E-state index is 6.55. The molecule has 0 atom stereocenters. The lowest BCUT2D eigenvalue weighted by molar-refractivity contribution is 0.669. The van der Waals surface area contributed by atoms with Gasteiger partial charge in [0.05, 0.1) is 22.1 Å². The number of fused-ring (bicyclic) bond motifs is 7. The van der Waals surface area contributed by atoms with Crippen molar-refractivity contribution in [3.05, 3.63) is 188 Å². The molecule has 15 rings (SSSR count). The lowest BCUT2D eigenvalue weighted by Crippen LogP contribution is -2.07. The fourth-order valence-electron chi connectivity index (χ4n) is 10.9. The van der Waals surface area contributed by atoms with E-state index in [2.05, 4.69) is 197 Å². The van der Waals surface area contributed by atoms with E-state index in [0.717, 1.165) is 77.0 Å². The van der Waals surface area contributed by atoms with Crippen LogP contribution in [0.5, 0.6) is 0 Å². The summed E-state index contributed by atoms with van der Waals surface area (Å²) in [5, 5.41) is 14.0. The van der Waals surface area contributed by atoms with Crippen LogP contribution in [0.3, 0.4) is 0 Å². The molecule has 1 aliphatic rings. The largest absolute Gasteiger partial charge is 0.456 e. The Bertz CT molecular complexity index is 4330. The molecule has 0 aliphatic heterocycles. The Morgan fingerprint density at radius 1 is 0.333 bits per heavy atom. The number of hydrogen-bond donors (Lipinski definition) is 0. The molecule has 63 heavy (non-hydrogen) atoms. The van der Waals surface area contributed by atoms with Crippen LogP contribution in [0.2, 0.25) is 0 Å². The van der Waals surface area contributed by atoms with Gasteiger partial charge < -0.3 is 8.98 Å². The van der Waals surface area contributed by atoms with Gasteiger partial charge >= 0.3 is 0 Å². The molecule has 1 aliphatic carbocycles. The van der Waals surface area contributed by atoms with Crippen LogP contribution in [0.4, 0.5) is 0 Å². The first kappa shape index (κ1) is 33.1. The number of hydrogen-bond acceptors (Lipinski definition) is 4. The molecule has 0 saturated heterocycles. The quantitative estimate of drug-likeness (QED) is 0.166. The lowest BCUT2D eigenvalue weighted by Gasteiger charge is -2.14. The van der Waals surface area contributed by atoms with Crippen molar-refractivity contribution < 1.29 is 4.42 Å². The molecule has 0 amide bonds. The molecule has 0 N–H and O–H groups in total. The number of nitrogens with zero attached hydrogens (tertiary/aromatic N) is 5. The molecule has 0 bridgehead atoms. The van der Waals surface area contributed by atoms with Gasteiger partial charge in [0.25, 0.3) is 0 Å². The van der Waals surface area contributed by atoms with Gasteiger partial charge in [-0.1, -0.05) is 133 Å². The summed E-state index contributed by atoms with van der Waals surface area (Å²) in [6.07, 6.45) is 0. The summed E-state index contributed by atoms with van der Waals surface area (Å²) >= 11 is 0.